The van der Waals surface area contributed by atoms with Crippen molar-refractivity contribution in [1.82, 2.24) is 0 Å². The highest BCUT2D eigenvalue weighted by Crippen LogP contribution is 2.26. The van der Waals surface area contributed by atoms with Gasteiger partial charge in [-0.2, -0.15) is 0 Å². The van der Waals surface area contributed by atoms with E-state index < -0.39 is 0 Å². The van der Waals surface area contributed by atoms with Crippen LogP contribution in [0.25, 0.3) is 0 Å². The molecule has 2 rings (SSSR count). The molecule has 100 valence electrons. The molecule has 3 nitrogen and oxygen atoms in total. The quantitative estimate of drug-likeness (QED) is 0.597. The van der Waals surface area contributed by atoms with Gasteiger partial charge in [-0.05, 0) is 24.6 Å². The molecule has 0 aromatic heterocycles. The van der Waals surface area contributed by atoms with Crippen molar-refractivity contribution in [3.05, 3.63) is 60.2 Å². The van der Waals surface area contributed by atoms with E-state index in [1.165, 1.54) is 0 Å². The van der Waals surface area contributed by atoms with Crippen LogP contribution in [-0.2, 0) is 11.3 Å². The molecule has 4 heteroatoms. The number of hydrogen-bond acceptors (Lipinski definition) is 3. The average Bonchev–Trinajstić information content (AvgIpc) is 2.47. The highest BCUT2D eigenvalue weighted by molar-refractivity contribution is 6.00. The summed E-state index contributed by atoms with van der Waals surface area (Å²) in [7, 11) is 0.637. The fourth-order valence-corrected chi connectivity index (χ4v) is 2.05. The van der Waals surface area contributed by atoms with E-state index in [1.54, 1.807) is 0 Å². The van der Waals surface area contributed by atoms with Crippen molar-refractivity contribution in [3.8, 4) is 11.5 Å². The standard InChI is InChI=1S/C15H18O3Si/c1-12(16-11-13-7-3-2-4-8-13)17-14-9-5-6-10-15(14)18-19/h2-10,12H,11H2,1,19H3. The van der Waals surface area contributed by atoms with E-state index in [9.17, 15) is 0 Å². The first-order chi connectivity index (χ1) is 9.29. The molecule has 0 saturated heterocycles. The molecular formula is C15H18O3Si. The first-order valence-electron chi connectivity index (χ1n) is 6.25. The highest BCUT2D eigenvalue weighted by atomic mass is 28.2. The van der Waals surface area contributed by atoms with Gasteiger partial charge in [-0.3, -0.25) is 0 Å². The maximum Gasteiger partial charge on any atom is 0.204 e. The molecule has 0 N–H and O–H groups in total. The highest BCUT2D eigenvalue weighted by Gasteiger charge is 2.08. The van der Waals surface area contributed by atoms with Crippen molar-refractivity contribution in [1.29, 1.82) is 0 Å². The van der Waals surface area contributed by atoms with Gasteiger partial charge in [-0.15, -0.1) is 0 Å². The summed E-state index contributed by atoms with van der Waals surface area (Å²) in [6, 6.07) is 17.7. The van der Waals surface area contributed by atoms with Crippen LogP contribution in [0.5, 0.6) is 11.5 Å². The Morgan fingerprint density at radius 2 is 1.58 bits per heavy atom. The second-order valence-electron chi connectivity index (χ2n) is 4.13. The van der Waals surface area contributed by atoms with E-state index in [1.807, 2.05) is 61.5 Å². The maximum absolute atomic E-state index is 5.73. The van der Waals surface area contributed by atoms with Crippen LogP contribution >= 0.6 is 0 Å². The number of hydrogen-bond donors (Lipinski definition) is 0. The van der Waals surface area contributed by atoms with Gasteiger partial charge in [-0.25, -0.2) is 0 Å². The Bertz CT molecular complexity index is 502. The number of rotatable bonds is 6. The van der Waals surface area contributed by atoms with E-state index in [0.29, 0.717) is 17.1 Å². The van der Waals surface area contributed by atoms with Gasteiger partial charge in [0.15, 0.2) is 12.0 Å². The monoisotopic (exact) mass is 274 g/mol. The van der Waals surface area contributed by atoms with Crippen LogP contribution in [0.1, 0.15) is 12.5 Å². The van der Waals surface area contributed by atoms with E-state index in [-0.39, 0.29) is 6.29 Å². The summed E-state index contributed by atoms with van der Waals surface area (Å²) in [4.78, 5) is 0. The minimum Gasteiger partial charge on any atom is -0.551 e. The first-order valence-corrected chi connectivity index (χ1v) is 7.06. The second-order valence-corrected chi connectivity index (χ2v) is 4.54. The molecule has 0 aliphatic rings. The third-order valence-corrected chi connectivity index (χ3v) is 3.13. The molecule has 2 aromatic carbocycles. The van der Waals surface area contributed by atoms with Crippen LogP contribution in [0.2, 0.25) is 0 Å². The summed E-state index contributed by atoms with van der Waals surface area (Å²) in [6.07, 6.45) is -0.321. The Labute approximate surface area is 116 Å². The van der Waals surface area contributed by atoms with Crippen molar-refractivity contribution < 1.29 is 13.9 Å². The number of benzene rings is 2. The number of ether oxygens (including phenoxy) is 2. The normalized spacial score (nSPS) is 12.1. The summed E-state index contributed by atoms with van der Waals surface area (Å²) in [6.45, 7) is 2.42. The molecule has 2 aromatic rings. The van der Waals surface area contributed by atoms with Gasteiger partial charge in [0.1, 0.15) is 5.75 Å². The summed E-state index contributed by atoms with van der Waals surface area (Å²) in [5.74, 6) is 1.49. The predicted molar refractivity (Wildman–Crippen MR) is 78.3 cm³/mol. The Balaban J connectivity index is 1.89. The van der Waals surface area contributed by atoms with E-state index in [2.05, 4.69) is 0 Å². The topological polar surface area (TPSA) is 27.7 Å². The lowest BCUT2D eigenvalue weighted by molar-refractivity contribution is -0.0765. The van der Waals surface area contributed by atoms with Gasteiger partial charge in [0.2, 0.25) is 10.5 Å². The molecule has 0 fully saturated rings. The van der Waals surface area contributed by atoms with Gasteiger partial charge in [0.25, 0.3) is 0 Å². The zero-order valence-electron chi connectivity index (χ0n) is 11.2. The van der Waals surface area contributed by atoms with Crippen LogP contribution < -0.4 is 9.16 Å². The van der Waals surface area contributed by atoms with Crippen molar-refractivity contribution >= 4 is 10.5 Å². The molecule has 0 heterocycles. The van der Waals surface area contributed by atoms with E-state index in [4.69, 9.17) is 13.9 Å². The molecular weight excluding hydrogens is 256 g/mol. The molecule has 0 saturated carbocycles. The summed E-state index contributed by atoms with van der Waals surface area (Å²) in [5, 5.41) is 0. The van der Waals surface area contributed by atoms with Crippen molar-refractivity contribution in [2.45, 2.75) is 19.8 Å². The molecule has 0 amide bonds. The molecule has 0 radical (unpaired) electrons. The molecule has 0 aliphatic heterocycles. The lowest BCUT2D eigenvalue weighted by Gasteiger charge is -2.17. The van der Waals surface area contributed by atoms with Gasteiger partial charge < -0.3 is 13.9 Å². The molecule has 0 bridgehead atoms. The zero-order valence-corrected chi connectivity index (χ0v) is 13.2. The van der Waals surface area contributed by atoms with Crippen molar-refractivity contribution in [3.63, 3.8) is 0 Å². The van der Waals surface area contributed by atoms with Gasteiger partial charge in [0, 0.05) is 0 Å². The average molecular weight is 274 g/mol. The van der Waals surface area contributed by atoms with Crippen LogP contribution in [0, 0.1) is 0 Å². The fraction of sp³-hybridized carbons (Fsp3) is 0.200. The molecule has 1 unspecified atom stereocenters. The third kappa shape index (κ3) is 4.12. The summed E-state index contributed by atoms with van der Waals surface area (Å²) in [5.41, 5.74) is 1.13. The van der Waals surface area contributed by atoms with Gasteiger partial charge in [0.05, 0.1) is 6.61 Å². The van der Waals surface area contributed by atoms with Crippen molar-refractivity contribution in [2.24, 2.45) is 0 Å². The molecule has 19 heavy (non-hydrogen) atoms. The first kappa shape index (κ1) is 13.6. The van der Waals surface area contributed by atoms with E-state index >= 15 is 0 Å². The smallest absolute Gasteiger partial charge is 0.204 e. The van der Waals surface area contributed by atoms with Crippen molar-refractivity contribution in [2.75, 3.05) is 0 Å². The van der Waals surface area contributed by atoms with Crippen LogP contribution in [0.3, 0.4) is 0 Å². The lowest BCUT2D eigenvalue weighted by Crippen LogP contribution is -2.16. The summed E-state index contributed by atoms with van der Waals surface area (Å²) < 4.78 is 16.8. The molecule has 0 spiro atoms. The molecule has 1 atom stereocenters. The lowest BCUT2D eigenvalue weighted by atomic mass is 10.2. The Kier molecular flexibility index (Phi) is 5.00. The SMILES string of the molecule is CC(OCc1ccccc1)Oc1ccccc1O[SiH3]. The van der Waals surface area contributed by atoms with Crippen LogP contribution in [0.4, 0.5) is 0 Å². The minimum absolute atomic E-state index is 0.321. The largest absolute Gasteiger partial charge is 0.551 e. The Morgan fingerprint density at radius 3 is 2.26 bits per heavy atom. The van der Waals surface area contributed by atoms with Gasteiger partial charge in [-0.1, -0.05) is 42.5 Å². The summed E-state index contributed by atoms with van der Waals surface area (Å²) >= 11 is 0. The number of para-hydroxylation sites is 2. The Morgan fingerprint density at radius 1 is 0.947 bits per heavy atom. The van der Waals surface area contributed by atoms with E-state index in [0.717, 1.165) is 17.1 Å². The second kappa shape index (κ2) is 6.97. The fourth-order valence-electron chi connectivity index (χ4n) is 1.72. The van der Waals surface area contributed by atoms with Gasteiger partial charge >= 0.3 is 0 Å². The van der Waals surface area contributed by atoms with Crippen LogP contribution in [0.15, 0.2) is 54.6 Å². The molecule has 0 aliphatic carbocycles. The maximum atomic E-state index is 5.73. The zero-order chi connectivity index (χ0) is 13.5. The predicted octanol–water partition coefficient (Wildman–Crippen LogP) is 2.29. The minimum atomic E-state index is -0.321. The Hall–Kier alpha value is -1.78. The third-order valence-electron chi connectivity index (χ3n) is 2.69. The van der Waals surface area contributed by atoms with Crippen LogP contribution in [-0.4, -0.2) is 16.8 Å².